The predicted octanol–water partition coefficient (Wildman–Crippen LogP) is 3.80. The Morgan fingerprint density at radius 2 is 2.03 bits per heavy atom. The lowest BCUT2D eigenvalue weighted by Gasteiger charge is -2.23. The van der Waals surface area contributed by atoms with Gasteiger partial charge in [0.05, 0.1) is 5.56 Å². The second-order valence-corrected chi connectivity index (χ2v) is 7.76. The van der Waals surface area contributed by atoms with Gasteiger partial charge in [0.25, 0.3) is 0 Å². The van der Waals surface area contributed by atoms with Gasteiger partial charge in [-0.3, -0.25) is 4.79 Å². The number of hydrogen-bond acceptors (Lipinski definition) is 2. The SMILES string of the molecule is CC(C)CNC(=NCC(=O)N(C)C)N1CCC(c2cccc(C(F)(F)F)c2)C1.I. The second kappa shape index (κ2) is 11.0. The van der Waals surface area contributed by atoms with Crippen LogP contribution in [0.3, 0.4) is 0 Å². The fourth-order valence-electron chi connectivity index (χ4n) is 3.04. The van der Waals surface area contributed by atoms with E-state index in [9.17, 15) is 18.0 Å². The van der Waals surface area contributed by atoms with Gasteiger partial charge >= 0.3 is 6.18 Å². The Hall–Kier alpha value is -1.52. The van der Waals surface area contributed by atoms with Gasteiger partial charge in [-0.1, -0.05) is 32.0 Å². The maximum absolute atomic E-state index is 13.0. The van der Waals surface area contributed by atoms with Crippen molar-refractivity contribution in [2.24, 2.45) is 10.9 Å². The fourth-order valence-corrected chi connectivity index (χ4v) is 3.04. The minimum atomic E-state index is -4.34. The zero-order valence-corrected chi connectivity index (χ0v) is 19.6. The Labute approximate surface area is 187 Å². The number of carbonyl (C=O) groups excluding carboxylic acids is 1. The van der Waals surface area contributed by atoms with Gasteiger partial charge in [-0.15, -0.1) is 24.0 Å². The molecule has 1 aromatic carbocycles. The van der Waals surface area contributed by atoms with Crippen LogP contribution in [0.2, 0.25) is 0 Å². The summed E-state index contributed by atoms with van der Waals surface area (Å²) in [6.45, 7) is 6.15. The van der Waals surface area contributed by atoms with E-state index in [1.807, 2.05) is 4.90 Å². The molecule has 5 nitrogen and oxygen atoms in total. The molecule has 2 rings (SSSR count). The van der Waals surface area contributed by atoms with Crippen molar-refractivity contribution >= 4 is 35.8 Å². The number of likely N-dealkylation sites (N-methyl/N-ethyl adjacent to an activating group) is 1. The topological polar surface area (TPSA) is 47.9 Å². The van der Waals surface area contributed by atoms with Crippen LogP contribution in [0.4, 0.5) is 13.2 Å². The third-order valence-corrected chi connectivity index (χ3v) is 4.70. The molecule has 1 unspecified atom stereocenters. The van der Waals surface area contributed by atoms with Crippen molar-refractivity contribution in [3.8, 4) is 0 Å². The summed E-state index contributed by atoms with van der Waals surface area (Å²) in [6.07, 6.45) is -3.60. The fraction of sp³-hybridized carbons (Fsp3) is 0.600. The molecule has 29 heavy (non-hydrogen) atoms. The molecule has 1 heterocycles. The average molecular weight is 526 g/mol. The highest BCUT2D eigenvalue weighted by Gasteiger charge is 2.32. The number of hydrogen-bond donors (Lipinski definition) is 1. The van der Waals surface area contributed by atoms with Gasteiger partial charge in [0, 0.05) is 39.6 Å². The van der Waals surface area contributed by atoms with Gasteiger partial charge in [0.1, 0.15) is 6.54 Å². The number of amides is 1. The van der Waals surface area contributed by atoms with E-state index >= 15 is 0 Å². The van der Waals surface area contributed by atoms with Crippen LogP contribution in [0.15, 0.2) is 29.3 Å². The third kappa shape index (κ3) is 7.67. The molecule has 0 spiro atoms. The van der Waals surface area contributed by atoms with Gasteiger partial charge in [0.2, 0.25) is 5.91 Å². The highest BCUT2D eigenvalue weighted by Crippen LogP contribution is 2.33. The first-order valence-electron chi connectivity index (χ1n) is 9.48. The van der Waals surface area contributed by atoms with E-state index in [-0.39, 0.29) is 42.3 Å². The first-order valence-corrected chi connectivity index (χ1v) is 9.48. The first kappa shape index (κ1) is 25.5. The van der Waals surface area contributed by atoms with Crippen molar-refractivity contribution in [1.29, 1.82) is 0 Å². The number of nitrogens with zero attached hydrogens (tertiary/aromatic N) is 3. The van der Waals surface area contributed by atoms with Crippen LogP contribution >= 0.6 is 24.0 Å². The summed E-state index contributed by atoms with van der Waals surface area (Å²) < 4.78 is 39.0. The van der Waals surface area contributed by atoms with Gasteiger partial charge in [-0.05, 0) is 24.0 Å². The number of guanidine groups is 1. The molecule has 1 aliphatic heterocycles. The number of rotatable bonds is 5. The van der Waals surface area contributed by atoms with Crippen molar-refractivity contribution in [2.45, 2.75) is 32.4 Å². The normalized spacial score (nSPS) is 17.3. The van der Waals surface area contributed by atoms with Crippen LogP contribution in [-0.4, -0.2) is 61.9 Å². The molecule has 1 aromatic rings. The molecule has 1 amide bonds. The summed E-state index contributed by atoms with van der Waals surface area (Å²) in [7, 11) is 3.36. The molecule has 0 aliphatic carbocycles. The molecule has 0 radical (unpaired) electrons. The number of benzene rings is 1. The molecular weight excluding hydrogens is 496 g/mol. The average Bonchev–Trinajstić information content (AvgIpc) is 3.10. The van der Waals surface area contributed by atoms with Crippen LogP contribution in [0.1, 0.15) is 37.3 Å². The van der Waals surface area contributed by atoms with Gasteiger partial charge < -0.3 is 15.1 Å². The lowest BCUT2D eigenvalue weighted by atomic mass is 9.96. The van der Waals surface area contributed by atoms with Crippen LogP contribution in [0.25, 0.3) is 0 Å². The zero-order valence-electron chi connectivity index (χ0n) is 17.3. The van der Waals surface area contributed by atoms with E-state index < -0.39 is 11.7 Å². The Morgan fingerprint density at radius 1 is 1.34 bits per heavy atom. The Kier molecular flexibility index (Phi) is 9.70. The largest absolute Gasteiger partial charge is 0.416 e. The smallest absolute Gasteiger partial charge is 0.356 e. The van der Waals surface area contributed by atoms with Crippen molar-refractivity contribution in [3.63, 3.8) is 0 Å². The van der Waals surface area contributed by atoms with Crippen molar-refractivity contribution < 1.29 is 18.0 Å². The maximum Gasteiger partial charge on any atom is 0.416 e. The van der Waals surface area contributed by atoms with Crippen molar-refractivity contribution in [3.05, 3.63) is 35.4 Å². The van der Waals surface area contributed by atoms with E-state index in [2.05, 4.69) is 24.2 Å². The standard InChI is InChI=1S/C20H29F3N4O.HI/c1-14(2)11-24-19(25-12-18(28)26(3)4)27-9-8-16(13-27)15-6-5-7-17(10-15)20(21,22)23;/h5-7,10,14,16H,8-9,11-13H2,1-4H3,(H,24,25);1H. The number of likely N-dealkylation sites (tertiary alicyclic amines) is 1. The molecule has 1 saturated heterocycles. The molecule has 1 fully saturated rings. The van der Waals surface area contributed by atoms with Gasteiger partial charge in [-0.2, -0.15) is 13.2 Å². The van der Waals surface area contributed by atoms with Crippen LogP contribution in [-0.2, 0) is 11.0 Å². The van der Waals surface area contributed by atoms with Crippen molar-refractivity contribution in [2.75, 3.05) is 40.3 Å². The first-order chi connectivity index (χ1) is 13.1. The summed E-state index contributed by atoms with van der Waals surface area (Å²) in [4.78, 5) is 19.8. The van der Waals surface area contributed by atoms with Gasteiger partial charge in [0.15, 0.2) is 5.96 Å². The summed E-state index contributed by atoms with van der Waals surface area (Å²) >= 11 is 0. The van der Waals surface area contributed by atoms with E-state index in [0.717, 1.165) is 12.5 Å². The Bertz CT molecular complexity index is 707. The molecule has 164 valence electrons. The molecule has 1 N–H and O–H groups in total. The Morgan fingerprint density at radius 3 is 2.62 bits per heavy atom. The lowest BCUT2D eigenvalue weighted by molar-refractivity contribution is -0.137. The van der Waals surface area contributed by atoms with Crippen molar-refractivity contribution in [1.82, 2.24) is 15.1 Å². The monoisotopic (exact) mass is 526 g/mol. The molecule has 1 atom stereocenters. The number of alkyl halides is 3. The third-order valence-electron chi connectivity index (χ3n) is 4.70. The summed E-state index contributed by atoms with van der Waals surface area (Å²) in [5.74, 6) is 0.936. The molecular formula is C20H30F3IN4O. The second-order valence-electron chi connectivity index (χ2n) is 7.76. The quantitative estimate of drug-likeness (QED) is 0.361. The summed E-state index contributed by atoms with van der Waals surface area (Å²) in [5, 5.41) is 3.29. The van der Waals surface area contributed by atoms with Crippen LogP contribution in [0, 0.1) is 5.92 Å². The number of nitrogens with one attached hydrogen (secondary N) is 1. The number of halogens is 4. The predicted molar refractivity (Wildman–Crippen MR) is 120 cm³/mol. The zero-order chi connectivity index (χ0) is 20.9. The molecule has 9 heteroatoms. The molecule has 0 saturated carbocycles. The lowest BCUT2D eigenvalue weighted by Crippen LogP contribution is -2.42. The summed E-state index contributed by atoms with van der Waals surface area (Å²) in [6, 6.07) is 5.54. The van der Waals surface area contributed by atoms with Crippen LogP contribution in [0.5, 0.6) is 0 Å². The van der Waals surface area contributed by atoms with Gasteiger partial charge in [-0.25, -0.2) is 4.99 Å². The minimum absolute atomic E-state index is 0. The summed E-state index contributed by atoms with van der Waals surface area (Å²) in [5.41, 5.74) is 0.0664. The molecule has 1 aliphatic rings. The van der Waals surface area contributed by atoms with E-state index in [0.29, 0.717) is 37.1 Å². The highest BCUT2D eigenvalue weighted by molar-refractivity contribution is 14.0. The Balaban J connectivity index is 0.00000420. The minimum Gasteiger partial charge on any atom is -0.356 e. The van der Waals surface area contributed by atoms with Crippen LogP contribution < -0.4 is 5.32 Å². The van der Waals surface area contributed by atoms with E-state index in [1.54, 1.807) is 20.2 Å². The molecule has 0 bridgehead atoms. The highest BCUT2D eigenvalue weighted by atomic mass is 127. The van der Waals surface area contributed by atoms with E-state index in [4.69, 9.17) is 0 Å². The maximum atomic E-state index is 13.0. The van der Waals surface area contributed by atoms with E-state index in [1.165, 1.54) is 17.0 Å². The molecule has 0 aromatic heterocycles. The number of aliphatic imine (C=N–C) groups is 1. The number of carbonyl (C=O) groups is 1.